The Balaban J connectivity index is 2.00. The molecule has 1 heterocycles. The van der Waals surface area contributed by atoms with Gasteiger partial charge in [-0.2, -0.15) is 0 Å². The fraction of sp³-hybridized carbons (Fsp3) is 0.438. The van der Waals surface area contributed by atoms with Crippen molar-refractivity contribution in [3.8, 4) is 0 Å². The van der Waals surface area contributed by atoms with Crippen molar-refractivity contribution in [1.29, 1.82) is 0 Å². The molecular formula is C16H23N3O. The molecule has 1 unspecified atom stereocenters. The van der Waals surface area contributed by atoms with Gasteiger partial charge in [0.05, 0.1) is 5.60 Å². The van der Waals surface area contributed by atoms with Crippen LogP contribution in [-0.4, -0.2) is 47.8 Å². The van der Waals surface area contributed by atoms with Crippen LogP contribution in [0.15, 0.2) is 36.7 Å². The van der Waals surface area contributed by atoms with E-state index in [0.717, 1.165) is 11.9 Å². The summed E-state index contributed by atoms with van der Waals surface area (Å²) in [5, 5.41) is 16.0. The van der Waals surface area contributed by atoms with Crippen molar-refractivity contribution < 1.29 is 5.11 Å². The minimum atomic E-state index is -0.727. The number of aliphatic hydroxyl groups is 1. The van der Waals surface area contributed by atoms with Gasteiger partial charge >= 0.3 is 0 Å². The predicted molar refractivity (Wildman–Crippen MR) is 82.6 cm³/mol. The highest BCUT2D eigenvalue weighted by atomic mass is 16.3. The second-order valence-electron chi connectivity index (χ2n) is 5.85. The molecule has 1 atom stereocenters. The summed E-state index contributed by atoms with van der Waals surface area (Å²) >= 11 is 0. The molecule has 1 aromatic carbocycles. The summed E-state index contributed by atoms with van der Waals surface area (Å²) in [5.74, 6) is 0. The fourth-order valence-electron chi connectivity index (χ4n) is 2.55. The standard InChI is InChI=1S/C16H23N3O/c1-16(20,12-19(2)3)11-18-10-14-6-4-5-13-9-17-8-7-15(13)14/h4-9,18,20H,10-12H2,1-3H3. The van der Waals surface area contributed by atoms with Gasteiger partial charge in [0, 0.05) is 37.4 Å². The molecule has 0 saturated heterocycles. The van der Waals surface area contributed by atoms with Crippen LogP contribution in [0, 0.1) is 0 Å². The summed E-state index contributed by atoms with van der Waals surface area (Å²) < 4.78 is 0. The van der Waals surface area contributed by atoms with Crippen molar-refractivity contribution in [2.75, 3.05) is 27.2 Å². The number of nitrogens with one attached hydrogen (secondary N) is 1. The zero-order valence-corrected chi connectivity index (χ0v) is 12.4. The number of aromatic nitrogens is 1. The van der Waals surface area contributed by atoms with Crippen LogP contribution in [0.2, 0.25) is 0 Å². The van der Waals surface area contributed by atoms with Crippen LogP contribution in [0.5, 0.6) is 0 Å². The Kier molecular flexibility index (Phi) is 4.70. The smallest absolute Gasteiger partial charge is 0.0869 e. The highest BCUT2D eigenvalue weighted by Crippen LogP contribution is 2.17. The third kappa shape index (κ3) is 4.00. The van der Waals surface area contributed by atoms with E-state index in [-0.39, 0.29) is 0 Å². The van der Waals surface area contributed by atoms with Crippen LogP contribution in [0.4, 0.5) is 0 Å². The van der Waals surface area contributed by atoms with E-state index >= 15 is 0 Å². The Bertz CT molecular complexity index is 561. The summed E-state index contributed by atoms with van der Waals surface area (Å²) in [5.41, 5.74) is 0.501. The first kappa shape index (κ1) is 14.9. The molecule has 108 valence electrons. The molecule has 2 aromatic rings. The van der Waals surface area contributed by atoms with E-state index in [9.17, 15) is 5.11 Å². The molecule has 4 nitrogen and oxygen atoms in total. The third-order valence-corrected chi connectivity index (χ3v) is 3.25. The average Bonchev–Trinajstić information content (AvgIpc) is 2.37. The number of nitrogens with zero attached hydrogens (tertiary/aromatic N) is 2. The summed E-state index contributed by atoms with van der Waals surface area (Å²) in [7, 11) is 3.93. The van der Waals surface area contributed by atoms with Crippen molar-refractivity contribution in [3.05, 3.63) is 42.2 Å². The zero-order chi connectivity index (χ0) is 14.6. The van der Waals surface area contributed by atoms with Gasteiger partial charge in [0.1, 0.15) is 0 Å². The quantitative estimate of drug-likeness (QED) is 0.840. The van der Waals surface area contributed by atoms with Crippen LogP contribution >= 0.6 is 0 Å². The van der Waals surface area contributed by atoms with Crippen molar-refractivity contribution in [2.45, 2.75) is 19.1 Å². The molecule has 2 rings (SSSR count). The normalized spacial score (nSPS) is 14.7. The first-order valence-corrected chi connectivity index (χ1v) is 6.87. The van der Waals surface area contributed by atoms with Gasteiger partial charge in [0.15, 0.2) is 0 Å². The number of benzene rings is 1. The molecule has 20 heavy (non-hydrogen) atoms. The largest absolute Gasteiger partial charge is 0.388 e. The molecule has 0 saturated carbocycles. The number of hydrogen-bond acceptors (Lipinski definition) is 4. The van der Waals surface area contributed by atoms with Crippen LogP contribution in [0.3, 0.4) is 0 Å². The van der Waals surface area contributed by atoms with E-state index in [4.69, 9.17) is 0 Å². The van der Waals surface area contributed by atoms with Crippen LogP contribution in [0.1, 0.15) is 12.5 Å². The topological polar surface area (TPSA) is 48.4 Å². The Morgan fingerprint density at radius 3 is 2.85 bits per heavy atom. The van der Waals surface area contributed by atoms with Gasteiger partial charge in [-0.3, -0.25) is 4.98 Å². The molecule has 0 aliphatic heterocycles. The SMILES string of the molecule is CN(C)CC(C)(O)CNCc1cccc2cnccc12. The van der Waals surface area contributed by atoms with Gasteiger partial charge < -0.3 is 15.3 Å². The molecule has 1 aromatic heterocycles. The molecule has 0 aliphatic rings. The van der Waals surface area contributed by atoms with Gasteiger partial charge in [-0.25, -0.2) is 0 Å². The Labute approximate surface area is 120 Å². The molecule has 0 fully saturated rings. The number of rotatable bonds is 6. The van der Waals surface area contributed by atoms with E-state index in [1.807, 2.05) is 50.4 Å². The van der Waals surface area contributed by atoms with Crippen LogP contribution in [-0.2, 0) is 6.54 Å². The summed E-state index contributed by atoms with van der Waals surface area (Å²) in [4.78, 5) is 6.13. The molecule has 0 bridgehead atoms. The first-order chi connectivity index (χ1) is 9.48. The molecular weight excluding hydrogens is 250 g/mol. The zero-order valence-electron chi connectivity index (χ0n) is 12.4. The minimum absolute atomic E-state index is 0.562. The first-order valence-electron chi connectivity index (χ1n) is 6.87. The van der Waals surface area contributed by atoms with E-state index in [0.29, 0.717) is 13.1 Å². The second-order valence-corrected chi connectivity index (χ2v) is 5.85. The van der Waals surface area contributed by atoms with Crippen LogP contribution in [0.25, 0.3) is 10.8 Å². The number of fused-ring (bicyclic) bond motifs is 1. The molecule has 0 radical (unpaired) electrons. The van der Waals surface area contributed by atoms with E-state index in [1.54, 1.807) is 0 Å². The highest BCUT2D eigenvalue weighted by Gasteiger charge is 2.20. The lowest BCUT2D eigenvalue weighted by atomic mass is 10.0. The third-order valence-electron chi connectivity index (χ3n) is 3.25. The minimum Gasteiger partial charge on any atom is -0.388 e. The Morgan fingerprint density at radius 2 is 2.10 bits per heavy atom. The second kappa shape index (κ2) is 6.31. The summed E-state index contributed by atoms with van der Waals surface area (Å²) in [6.45, 7) is 3.80. The summed E-state index contributed by atoms with van der Waals surface area (Å²) in [6, 6.07) is 8.24. The number of hydrogen-bond donors (Lipinski definition) is 2. The Morgan fingerprint density at radius 1 is 1.30 bits per heavy atom. The maximum absolute atomic E-state index is 10.3. The van der Waals surface area contributed by atoms with E-state index in [2.05, 4.69) is 22.4 Å². The van der Waals surface area contributed by atoms with Crippen molar-refractivity contribution >= 4 is 10.8 Å². The monoisotopic (exact) mass is 273 g/mol. The summed E-state index contributed by atoms with van der Waals surface area (Å²) in [6.07, 6.45) is 3.69. The van der Waals surface area contributed by atoms with Gasteiger partial charge in [-0.05, 0) is 38.0 Å². The van der Waals surface area contributed by atoms with Gasteiger partial charge in [-0.15, -0.1) is 0 Å². The van der Waals surface area contributed by atoms with Crippen molar-refractivity contribution in [1.82, 2.24) is 15.2 Å². The van der Waals surface area contributed by atoms with E-state index < -0.39 is 5.60 Å². The lowest BCUT2D eigenvalue weighted by molar-refractivity contribution is 0.0336. The lowest BCUT2D eigenvalue weighted by Gasteiger charge is -2.27. The van der Waals surface area contributed by atoms with Crippen LogP contribution < -0.4 is 5.32 Å². The van der Waals surface area contributed by atoms with Crippen molar-refractivity contribution in [2.24, 2.45) is 0 Å². The molecule has 0 aliphatic carbocycles. The number of likely N-dealkylation sites (N-methyl/N-ethyl adjacent to an activating group) is 1. The molecule has 2 N–H and O–H groups in total. The van der Waals surface area contributed by atoms with E-state index in [1.165, 1.54) is 10.9 Å². The predicted octanol–water partition coefficient (Wildman–Crippen LogP) is 1.64. The van der Waals surface area contributed by atoms with Gasteiger partial charge in [0.25, 0.3) is 0 Å². The van der Waals surface area contributed by atoms with Crippen molar-refractivity contribution in [3.63, 3.8) is 0 Å². The maximum Gasteiger partial charge on any atom is 0.0869 e. The highest BCUT2D eigenvalue weighted by molar-refractivity contribution is 5.84. The number of pyridine rings is 1. The molecule has 0 spiro atoms. The maximum atomic E-state index is 10.3. The fourth-order valence-corrected chi connectivity index (χ4v) is 2.55. The lowest BCUT2D eigenvalue weighted by Crippen LogP contribution is -2.45. The average molecular weight is 273 g/mol. The van der Waals surface area contributed by atoms with Gasteiger partial charge in [0.2, 0.25) is 0 Å². The molecule has 0 amide bonds. The van der Waals surface area contributed by atoms with Gasteiger partial charge in [-0.1, -0.05) is 18.2 Å². The molecule has 4 heteroatoms. The Hall–Kier alpha value is -1.49.